The Labute approximate surface area is 72.0 Å². The van der Waals surface area contributed by atoms with Crippen molar-refractivity contribution >= 4 is 11.5 Å². The van der Waals surface area contributed by atoms with Crippen LogP contribution in [-0.4, -0.2) is 18.1 Å². The van der Waals surface area contributed by atoms with Gasteiger partial charge in [-0.1, -0.05) is 0 Å². The fraction of sp³-hybridized carbons (Fsp3) is 0.375. The van der Waals surface area contributed by atoms with Crippen LogP contribution in [0.5, 0.6) is 0 Å². The van der Waals surface area contributed by atoms with Crippen LogP contribution in [0.2, 0.25) is 0 Å². The average Bonchev–Trinajstić information content (AvgIpc) is 2.07. The lowest BCUT2D eigenvalue weighted by Crippen LogP contribution is -2.14. The molecule has 0 radical (unpaired) electrons. The standard InChI is InChI=1S/C8H14N4/c1-6-5-12-8(4-7(6)10)11-3-2-9/h4-5H,2-3,9H2,1H3,(H3,10,11,12). The molecule has 4 nitrogen and oxygen atoms in total. The Morgan fingerprint density at radius 2 is 2.33 bits per heavy atom. The molecule has 0 unspecified atom stereocenters. The van der Waals surface area contributed by atoms with E-state index in [1.807, 2.05) is 13.0 Å². The van der Waals surface area contributed by atoms with Gasteiger partial charge in [0, 0.05) is 31.0 Å². The Morgan fingerprint density at radius 1 is 1.58 bits per heavy atom. The monoisotopic (exact) mass is 166 g/mol. The van der Waals surface area contributed by atoms with E-state index in [9.17, 15) is 0 Å². The molecule has 0 fully saturated rings. The third-order valence-electron chi connectivity index (χ3n) is 1.60. The molecule has 0 aromatic carbocycles. The number of anilines is 2. The second kappa shape index (κ2) is 3.92. The summed E-state index contributed by atoms with van der Waals surface area (Å²) in [6.07, 6.45) is 1.74. The van der Waals surface area contributed by atoms with Gasteiger partial charge in [0.2, 0.25) is 0 Å². The van der Waals surface area contributed by atoms with E-state index in [1.165, 1.54) is 0 Å². The van der Waals surface area contributed by atoms with Crippen LogP contribution in [0.25, 0.3) is 0 Å². The third kappa shape index (κ3) is 2.10. The van der Waals surface area contributed by atoms with Gasteiger partial charge in [-0.25, -0.2) is 4.98 Å². The van der Waals surface area contributed by atoms with Gasteiger partial charge < -0.3 is 16.8 Å². The molecule has 12 heavy (non-hydrogen) atoms. The molecule has 0 aliphatic carbocycles. The van der Waals surface area contributed by atoms with Crippen LogP contribution >= 0.6 is 0 Å². The Kier molecular flexibility index (Phi) is 2.88. The summed E-state index contributed by atoms with van der Waals surface area (Å²) in [4.78, 5) is 4.13. The molecule has 0 aliphatic heterocycles. The van der Waals surface area contributed by atoms with Crippen LogP contribution in [0.1, 0.15) is 5.56 Å². The van der Waals surface area contributed by atoms with Crippen molar-refractivity contribution in [2.45, 2.75) is 6.92 Å². The van der Waals surface area contributed by atoms with Gasteiger partial charge >= 0.3 is 0 Å². The van der Waals surface area contributed by atoms with E-state index >= 15 is 0 Å². The number of pyridine rings is 1. The molecule has 1 rings (SSSR count). The fourth-order valence-corrected chi connectivity index (χ4v) is 0.836. The molecule has 0 aliphatic rings. The minimum atomic E-state index is 0.593. The number of aryl methyl sites for hydroxylation is 1. The van der Waals surface area contributed by atoms with Gasteiger partial charge in [-0.3, -0.25) is 0 Å². The first-order valence-electron chi connectivity index (χ1n) is 3.90. The number of nitrogens with two attached hydrogens (primary N) is 2. The third-order valence-corrected chi connectivity index (χ3v) is 1.60. The maximum absolute atomic E-state index is 5.68. The lowest BCUT2D eigenvalue weighted by atomic mass is 10.2. The van der Waals surface area contributed by atoms with Crippen LogP contribution in [0.3, 0.4) is 0 Å². The smallest absolute Gasteiger partial charge is 0.128 e. The predicted molar refractivity (Wildman–Crippen MR) is 50.9 cm³/mol. The van der Waals surface area contributed by atoms with E-state index in [1.54, 1.807) is 6.20 Å². The molecule has 4 heteroatoms. The molecular formula is C8H14N4. The Balaban J connectivity index is 2.69. The van der Waals surface area contributed by atoms with Crippen LogP contribution in [0, 0.1) is 6.92 Å². The summed E-state index contributed by atoms with van der Waals surface area (Å²) in [5.41, 5.74) is 12.8. The number of nitrogen functional groups attached to an aromatic ring is 1. The minimum Gasteiger partial charge on any atom is -0.398 e. The van der Waals surface area contributed by atoms with Gasteiger partial charge in [-0.15, -0.1) is 0 Å². The molecule has 1 aromatic heterocycles. The van der Waals surface area contributed by atoms with Gasteiger partial charge in [0.25, 0.3) is 0 Å². The van der Waals surface area contributed by atoms with Crippen LogP contribution in [0.4, 0.5) is 11.5 Å². The number of nitrogens with one attached hydrogen (secondary N) is 1. The molecule has 1 aromatic rings. The first-order chi connectivity index (χ1) is 5.74. The SMILES string of the molecule is Cc1cnc(NCCN)cc1N. The number of aromatic nitrogens is 1. The molecule has 0 amide bonds. The van der Waals surface area contributed by atoms with Gasteiger partial charge in [0.15, 0.2) is 0 Å². The van der Waals surface area contributed by atoms with Crippen LogP contribution < -0.4 is 16.8 Å². The van der Waals surface area contributed by atoms with E-state index in [-0.39, 0.29) is 0 Å². The molecular weight excluding hydrogens is 152 g/mol. The summed E-state index contributed by atoms with van der Waals surface area (Å²) in [6, 6.07) is 1.81. The highest BCUT2D eigenvalue weighted by atomic mass is 15.0. The number of rotatable bonds is 3. The fourth-order valence-electron chi connectivity index (χ4n) is 0.836. The van der Waals surface area contributed by atoms with Gasteiger partial charge in [0.1, 0.15) is 5.82 Å². The van der Waals surface area contributed by atoms with Crippen molar-refractivity contribution in [3.8, 4) is 0 Å². The zero-order valence-electron chi connectivity index (χ0n) is 7.17. The molecule has 0 saturated carbocycles. The van der Waals surface area contributed by atoms with Crippen molar-refractivity contribution < 1.29 is 0 Å². The molecule has 0 saturated heterocycles. The van der Waals surface area contributed by atoms with E-state index in [4.69, 9.17) is 11.5 Å². The molecule has 0 bridgehead atoms. The minimum absolute atomic E-state index is 0.593. The highest BCUT2D eigenvalue weighted by Gasteiger charge is 1.96. The molecule has 1 heterocycles. The Hall–Kier alpha value is -1.29. The van der Waals surface area contributed by atoms with Crippen LogP contribution in [0.15, 0.2) is 12.3 Å². The summed E-state index contributed by atoms with van der Waals surface area (Å²) in [7, 11) is 0. The van der Waals surface area contributed by atoms with Crippen molar-refractivity contribution in [3.63, 3.8) is 0 Å². The van der Waals surface area contributed by atoms with Crippen molar-refractivity contribution in [1.82, 2.24) is 4.98 Å². The number of hydrogen-bond donors (Lipinski definition) is 3. The highest BCUT2D eigenvalue weighted by molar-refractivity contribution is 5.53. The zero-order valence-corrected chi connectivity index (χ0v) is 7.17. The summed E-state index contributed by atoms with van der Waals surface area (Å²) < 4.78 is 0. The van der Waals surface area contributed by atoms with Gasteiger partial charge in [-0.05, 0) is 12.5 Å². The van der Waals surface area contributed by atoms with Gasteiger partial charge in [0.05, 0.1) is 0 Å². The lowest BCUT2D eigenvalue weighted by molar-refractivity contribution is 1.01. The van der Waals surface area contributed by atoms with Crippen molar-refractivity contribution in [3.05, 3.63) is 17.8 Å². The van der Waals surface area contributed by atoms with Crippen LogP contribution in [-0.2, 0) is 0 Å². The summed E-state index contributed by atoms with van der Waals surface area (Å²) in [5.74, 6) is 0.781. The lowest BCUT2D eigenvalue weighted by Gasteiger charge is -2.05. The predicted octanol–water partition coefficient (Wildman–Crippen LogP) is 0.343. The second-order valence-corrected chi connectivity index (χ2v) is 2.64. The maximum atomic E-state index is 5.68. The van der Waals surface area contributed by atoms with Gasteiger partial charge in [-0.2, -0.15) is 0 Å². The maximum Gasteiger partial charge on any atom is 0.128 e. The van der Waals surface area contributed by atoms with E-state index < -0.39 is 0 Å². The molecule has 0 spiro atoms. The summed E-state index contributed by atoms with van der Waals surface area (Å²) >= 11 is 0. The Morgan fingerprint density at radius 3 is 2.92 bits per heavy atom. The topological polar surface area (TPSA) is 77.0 Å². The van der Waals surface area contributed by atoms with E-state index in [0.29, 0.717) is 6.54 Å². The van der Waals surface area contributed by atoms with E-state index in [0.717, 1.165) is 23.6 Å². The second-order valence-electron chi connectivity index (χ2n) is 2.64. The normalized spacial score (nSPS) is 9.83. The zero-order chi connectivity index (χ0) is 8.97. The largest absolute Gasteiger partial charge is 0.398 e. The quantitative estimate of drug-likeness (QED) is 0.605. The van der Waals surface area contributed by atoms with E-state index in [2.05, 4.69) is 10.3 Å². The Bertz CT molecular complexity index is 259. The molecule has 5 N–H and O–H groups in total. The number of hydrogen-bond acceptors (Lipinski definition) is 4. The number of nitrogens with zero attached hydrogens (tertiary/aromatic N) is 1. The highest BCUT2D eigenvalue weighted by Crippen LogP contribution is 2.12. The molecule has 66 valence electrons. The first kappa shape index (κ1) is 8.80. The summed E-state index contributed by atoms with van der Waals surface area (Å²) in [6.45, 7) is 3.24. The van der Waals surface area contributed by atoms with Crippen molar-refractivity contribution in [1.29, 1.82) is 0 Å². The molecule has 0 atom stereocenters. The first-order valence-corrected chi connectivity index (χ1v) is 3.90. The van der Waals surface area contributed by atoms with Crippen molar-refractivity contribution in [2.75, 3.05) is 24.1 Å². The average molecular weight is 166 g/mol. The van der Waals surface area contributed by atoms with Crippen molar-refractivity contribution in [2.24, 2.45) is 5.73 Å². The summed E-state index contributed by atoms with van der Waals surface area (Å²) in [5, 5.41) is 3.05.